The van der Waals surface area contributed by atoms with Crippen molar-refractivity contribution in [2.75, 3.05) is 27.2 Å². The van der Waals surface area contributed by atoms with Crippen molar-refractivity contribution in [1.29, 1.82) is 0 Å². The Bertz CT molecular complexity index is 705. The van der Waals surface area contributed by atoms with Gasteiger partial charge in [-0.2, -0.15) is 0 Å². The van der Waals surface area contributed by atoms with Crippen molar-refractivity contribution in [3.05, 3.63) is 71.3 Å². The van der Waals surface area contributed by atoms with Crippen LogP contribution in [0.3, 0.4) is 0 Å². The summed E-state index contributed by atoms with van der Waals surface area (Å²) in [5.41, 5.74) is 1.01. The van der Waals surface area contributed by atoms with E-state index in [2.05, 4.69) is 0 Å². The molecular formula is C19H22F2N2O2. The van der Waals surface area contributed by atoms with Crippen molar-refractivity contribution in [3.63, 3.8) is 0 Å². The highest BCUT2D eigenvalue weighted by Crippen LogP contribution is 2.23. The Labute approximate surface area is 146 Å². The van der Waals surface area contributed by atoms with Crippen LogP contribution in [-0.2, 0) is 11.3 Å². The summed E-state index contributed by atoms with van der Waals surface area (Å²) in [5.74, 6) is -1.07. The average Bonchev–Trinajstić information content (AvgIpc) is 2.58. The molecule has 0 aliphatic rings. The highest BCUT2D eigenvalue weighted by atomic mass is 19.1. The van der Waals surface area contributed by atoms with Crippen LogP contribution in [0.5, 0.6) is 0 Å². The Morgan fingerprint density at radius 3 is 2.28 bits per heavy atom. The number of carbonyl (C=O) groups excluding carboxylic acids is 1. The van der Waals surface area contributed by atoms with Crippen LogP contribution in [0, 0.1) is 11.6 Å². The number of halogens is 2. The third-order valence-electron chi connectivity index (χ3n) is 3.94. The van der Waals surface area contributed by atoms with Crippen molar-refractivity contribution in [3.8, 4) is 0 Å². The van der Waals surface area contributed by atoms with Gasteiger partial charge in [-0.15, -0.1) is 0 Å². The smallest absolute Gasteiger partial charge is 0.244 e. The molecule has 2 aromatic carbocycles. The lowest BCUT2D eigenvalue weighted by Gasteiger charge is -2.31. The zero-order valence-corrected chi connectivity index (χ0v) is 14.3. The maximum atomic E-state index is 13.9. The molecule has 134 valence electrons. The monoisotopic (exact) mass is 348 g/mol. The van der Waals surface area contributed by atoms with Gasteiger partial charge in [0.05, 0.1) is 6.61 Å². The second-order valence-corrected chi connectivity index (χ2v) is 5.99. The number of likely N-dealkylation sites (N-methyl/N-ethyl adjacent to an activating group) is 1. The normalized spacial score (nSPS) is 12.2. The summed E-state index contributed by atoms with van der Waals surface area (Å²) in [6.07, 6.45) is 0. The fourth-order valence-electron chi connectivity index (χ4n) is 2.70. The molecule has 0 radical (unpaired) electrons. The minimum absolute atomic E-state index is 0.0532. The van der Waals surface area contributed by atoms with Gasteiger partial charge in [0.2, 0.25) is 5.91 Å². The summed E-state index contributed by atoms with van der Waals surface area (Å²) in [6.45, 7) is -0.0972. The Kier molecular flexibility index (Phi) is 6.61. The van der Waals surface area contributed by atoms with Crippen molar-refractivity contribution in [2.45, 2.75) is 12.6 Å². The number of nitrogens with zero attached hydrogens (tertiary/aromatic N) is 2. The molecular weight excluding hydrogens is 326 g/mol. The number of hydrogen-bond acceptors (Lipinski definition) is 3. The van der Waals surface area contributed by atoms with Gasteiger partial charge in [-0.1, -0.05) is 30.3 Å². The number of benzene rings is 2. The molecule has 2 rings (SSSR count). The molecule has 2 aromatic rings. The first-order chi connectivity index (χ1) is 11.9. The SMILES string of the molecule is CN(C)[C@@H](C(=O)N(CCO)Cc1ccccc1F)c1ccc(F)cc1. The van der Waals surface area contributed by atoms with E-state index in [0.717, 1.165) is 0 Å². The van der Waals surface area contributed by atoms with Crippen LogP contribution in [-0.4, -0.2) is 48.1 Å². The highest BCUT2D eigenvalue weighted by molar-refractivity contribution is 5.83. The summed E-state index contributed by atoms with van der Waals surface area (Å²) < 4.78 is 27.1. The molecule has 25 heavy (non-hydrogen) atoms. The van der Waals surface area contributed by atoms with Gasteiger partial charge in [-0.3, -0.25) is 9.69 Å². The molecule has 1 N–H and O–H groups in total. The fraction of sp³-hybridized carbons (Fsp3) is 0.316. The van der Waals surface area contributed by atoms with E-state index >= 15 is 0 Å². The number of aliphatic hydroxyl groups excluding tert-OH is 1. The molecule has 0 aromatic heterocycles. The molecule has 0 spiro atoms. The molecule has 0 unspecified atom stereocenters. The lowest BCUT2D eigenvalue weighted by molar-refractivity contribution is -0.137. The molecule has 0 aliphatic heterocycles. The summed E-state index contributed by atoms with van der Waals surface area (Å²) in [5, 5.41) is 9.31. The third-order valence-corrected chi connectivity index (χ3v) is 3.94. The molecule has 4 nitrogen and oxygen atoms in total. The van der Waals surface area contributed by atoms with Crippen LogP contribution in [0.1, 0.15) is 17.2 Å². The van der Waals surface area contributed by atoms with Gasteiger partial charge in [0.25, 0.3) is 0 Å². The standard InChI is InChI=1S/C19H22F2N2O2/c1-22(2)18(14-7-9-16(20)10-8-14)19(25)23(11-12-24)13-15-5-3-4-6-17(15)21/h3-10,18,24H,11-13H2,1-2H3/t18-/m1/s1. The maximum Gasteiger partial charge on any atom is 0.244 e. The highest BCUT2D eigenvalue weighted by Gasteiger charge is 2.28. The summed E-state index contributed by atoms with van der Waals surface area (Å²) in [4.78, 5) is 16.2. The lowest BCUT2D eigenvalue weighted by Crippen LogP contribution is -2.41. The van der Waals surface area contributed by atoms with Gasteiger partial charge in [-0.25, -0.2) is 8.78 Å². The predicted molar refractivity (Wildman–Crippen MR) is 91.7 cm³/mol. The van der Waals surface area contributed by atoms with E-state index < -0.39 is 11.9 Å². The zero-order valence-electron chi connectivity index (χ0n) is 14.3. The predicted octanol–water partition coefficient (Wildman–Crippen LogP) is 2.59. The van der Waals surface area contributed by atoms with E-state index in [4.69, 9.17) is 0 Å². The maximum absolute atomic E-state index is 13.9. The topological polar surface area (TPSA) is 43.8 Å². The van der Waals surface area contributed by atoms with Crippen molar-refractivity contribution in [1.82, 2.24) is 9.80 Å². The van der Waals surface area contributed by atoms with Crippen molar-refractivity contribution in [2.24, 2.45) is 0 Å². The third kappa shape index (κ3) is 4.84. The zero-order chi connectivity index (χ0) is 18.4. The van der Waals surface area contributed by atoms with Crippen LogP contribution in [0.4, 0.5) is 8.78 Å². The van der Waals surface area contributed by atoms with Crippen LogP contribution < -0.4 is 0 Å². The first-order valence-electron chi connectivity index (χ1n) is 7.99. The van der Waals surface area contributed by atoms with E-state index in [-0.39, 0.29) is 31.4 Å². The first-order valence-corrected chi connectivity index (χ1v) is 7.99. The molecule has 0 heterocycles. The summed E-state index contributed by atoms with van der Waals surface area (Å²) in [6, 6.07) is 11.3. The lowest BCUT2D eigenvalue weighted by atomic mass is 10.0. The van der Waals surface area contributed by atoms with Gasteiger partial charge in [0, 0.05) is 18.7 Å². The Morgan fingerprint density at radius 1 is 1.08 bits per heavy atom. The Hall–Kier alpha value is -2.31. The molecule has 1 amide bonds. The van der Waals surface area contributed by atoms with Crippen LogP contribution in [0.2, 0.25) is 0 Å². The fourth-order valence-corrected chi connectivity index (χ4v) is 2.70. The van der Waals surface area contributed by atoms with E-state index in [9.17, 15) is 18.7 Å². The molecule has 0 fully saturated rings. The molecule has 0 saturated heterocycles. The quantitative estimate of drug-likeness (QED) is 0.836. The van der Waals surface area contributed by atoms with Crippen molar-refractivity contribution < 1.29 is 18.7 Å². The first kappa shape index (κ1) is 19.0. The average molecular weight is 348 g/mol. The summed E-state index contributed by atoms with van der Waals surface area (Å²) >= 11 is 0. The number of rotatable bonds is 7. The number of hydrogen-bond donors (Lipinski definition) is 1. The minimum atomic E-state index is -0.654. The number of aliphatic hydroxyl groups is 1. The molecule has 0 bridgehead atoms. The molecule has 0 aliphatic carbocycles. The van der Waals surface area contributed by atoms with E-state index in [1.54, 1.807) is 49.3 Å². The second kappa shape index (κ2) is 8.69. The molecule has 1 atom stereocenters. The van der Waals surface area contributed by atoms with Gasteiger partial charge in [0.1, 0.15) is 17.7 Å². The van der Waals surface area contributed by atoms with Crippen molar-refractivity contribution >= 4 is 5.91 Å². The van der Waals surface area contributed by atoms with Crippen LogP contribution in [0.25, 0.3) is 0 Å². The second-order valence-electron chi connectivity index (χ2n) is 5.99. The van der Waals surface area contributed by atoms with Gasteiger partial charge >= 0.3 is 0 Å². The largest absolute Gasteiger partial charge is 0.395 e. The van der Waals surface area contributed by atoms with E-state index in [1.807, 2.05) is 0 Å². The number of carbonyl (C=O) groups is 1. The van der Waals surface area contributed by atoms with Gasteiger partial charge in [-0.05, 0) is 37.9 Å². The van der Waals surface area contributed by atoms with Gasteiger partial charge < -0.3 is 10.0 Å². The van der Waals surface area contributed by atoms with Gasteiger partial charge in [0.15, 0.2) is 0 Å². The van der Waals surface area contributed by atoms with E-state index in [0.29, 0.717) is 11.1 Å². The number of amides is 1. The minimum Gasteiger partial charge on any atom is -0.395 e. The Balaban J connectivity index is 2.29. The molecule has 6 heteroatoms. The van der Waals surface area contributed by atoms with Crippen LogP contribution >= 0.6 is 0 Å². The molecule has 0 saturated carbocycles. The van der Waals surface area contributed by atoms with Crippen LogP contribution in [0.15, 0.2) is 48.5 Å². The summed E-state index contributed by atoms with van der Waals surface area (Å²) in [7, 11) is 3.48. The van der Waals surface area contributed by atoms with E-state index in [1.165, 1.54) is 23.1 Å². The Morgan fingerprint density at radius 2 is 1.72 bits per heavy atom.